The summed E-state index contributed by atoms with van der Waals surface area (Å²) < 4.78 is 0. The van der Waals surface area contributed by atoms with Crippen molar-refractivity contribution in [2.24, 2.45) is 0 Å². The van der Waals surface area contributed by atoms with Gasteiger partial charge in [0.2, 0.25) is 5.91 Å². The third kappa shape index (κ3) is 2.28. The second-order valence-corrected chi connectivity index (χ2v) is 6.90. The van der Waals surface area contributed by atoms with E-state index in [9.17, 15) is 4.79 Å². The van der Waals surface area contributed by atoms with Crippen LogP contribution < -0.4 is 4.90 Å². The Kier molecular flexibility index (Phi) is 3.33. The van der Waals surface area contributed by atoms with Crippen LogP contribution in [0, 0.1) is 6.92 Å². The number of aryl methyl sites for hydroxylation is 1. The van der Waals surface area contributed by atoms with Crippen molar-refractivity contribution in [2.45, 2.75) is 24.5 Å². The highest BCUT2D eigenvalue weighted by Gasteiger charge is 2.40. The molecule has 0 radical (unpaired) electrons. The Labute approximate surface area is 120 Å². The molecular weight excluding hydrogens is 276 g/mol. The predicted octanol–water partition coefficient (Wildman–Crippen LogP) is 3.62. The van der Waals surface area contributed by atoms with Crippen LogP contribution in [0.5, 0.6) is 0 Å². The van der Waals surface area contributed by atoms with Gasteiger partial charge in [-0.25, -0.2) is 4.98 Å². The van der Waals surface area contributed by atoms with Crippen molar-refractivity contribution in [3.63, 3.8) is 0 Å². The van der Waals surface area contributed by atoms with Gasteiger partial charge in [0.1, 0.15) is 11.2 Å². The molecule has 5 heteroatoms. The number of thiophene rings is 1. The Morgan fingerprint density at radius 3 is 2.79 bits per heavy atom. The molecule has 2 atom stereocenters. The summed E-state index contributed by atoms with van der Waals surface area (Å²) in [5.41, 5.74) is 0.930. The average molecular weight is 290 g/mol. The minimum absolute atomic E-state index is 0.0191. The largest absolute Gasteiger partial charge is 0.278 e. The first-order valence-corrected chi connectivity index (χ1v) is 7.94. The number of rotatable bonds is 2. The minimum Gasteiger partial charge on any atom is -0.278 e. The van der Waals surface area contributed by atoms with Crippen molar-refractivity contribution in [2.75, 3.05) is 4.90 Å². The zero-order chi connectivity index (χ0) is 13.4. The van der Waals surface area contributed by atoms with Crippen LogP contribution in [0.2, 0.25) is 0 Å². The van der Waals surface area contributed by atoms with Crippen LogP contribution in [-0.4, -0.2) is 16.1 Å². The molecule has 3 nitrogen and oxygen atoms in total. The van der Waals surface area contributed by atoms with Crippen LogP contribution in [-0.2, 0) is 4.79 Å². The molecule has 0 bridgehead atoms. The number of pyridine rings is 1. The van der Waals surface area contributed by atoms with Gasteiger partial charge in [-0.1, -0.05) is 12.1 Å². The van der Waals surface area contributed by atoms with Gasteiger partial charge in [-0.2, -0.15) is 0 Å². The predicted molar refractivity (Wildman–Crippen MR) is 80.6 cm³/mol. The van der Waals surface area contributed by atoms with Gasteiger partial charge in [-0.15, -0.1) is 23.1 Å². The van der Waals surface area contributed by atoms with Crippen LogP contribution in [0.4, 0.5) is 5.82 Å². The van der Waals surface area contributed by atoms with Crippen LogP contribution in [0.15, 0.2) is 35.7 Å². The number of aromatic nitrogens is 1. The third-order valence-electron chi connectivity index (χ3n) is 3.06. The van der Waals surface area contributed by atoms with Crippen molar-refractivity contribution in [3.05, 3.63) is 46.3 Å². The quantitative estimate of drug-likeness (QED) is 0.847. The SMILES string of the molecule is Cc1cccc(N2C(=O)C(C)SC2c2cccs2)n1. The molecule has 1 amide bonds. The maximum Gasteiger partial charge on any atom is 0.242 e. The summed E-state index contributed by atoms with van der Waals surface area (Å²) in [5.74, 6) is 0.891. The lowest BCUT2D eigenvalue weighted by atomic mass is 10.3. The summed E-state index contributed by atoms with van der Waals surface area (Å²) in [5, 5.41) is 2.08. The van der Waals surface area contributed by atoms with Crippen LogP contribution in [0.3, 0.4) is 0 Å². The van der Waals surface area contributed by atoms with Gasteiger partial charge in [0.05, 0.1) is 5.25 Å². The van der Waals surface area contributed by atoms with E-state index in [-0.39, 0.29) is 16.5 Å². The maximum absolute atomic E-state index is 12.4. The molecule has 0 spiro atoms. The zero-order valence-corrected chi connectivity index (χ0v) is 12.4. The molecule has 1 fully saturated rings. The Hall–Kier alpha value is -1.33. The topological polar surface area (TPSA) is 33.2 Å². The van der Waals surface area contributed by atoms with Gasteiger partial charge < -0.3 is 0 Å². The molecule has 1 aliphatic rings. The molecular formula is C14H14N2OS2. The normalized spacial score (nSPS) is 23.1. The first-order chi connectivity index (χ1) is 9.16. The molecule has 1 aliphatic heterocycles. The number of thioether (sulfide) groups is 1. The summed E-state index contributed by atoms with van der Waals surface area (Å²) >= 11 is 3.37. The molecule has 0 saturated carbocycles. The molecule has 2 unspecified atom stereocenters. The molecule has 2 aromatic rings. The molecule has 98 valence electrons. The van der Waals surface area contributed by atoms with Crippen LogP contribution in [0.1, 0.15) is 22.9 Å². The minimum atomic E-state index is -0.0191. The molecule has 1 saturated heterocycles. The molecule has 2 aromatic heterocycles. The van der Waals surface area contributed by atoms with Gasteiger partial charge in [-0.05, 0) is 37.4 Å². The van der Waals surface area contributed by atoms with Crippen molar-refractivity contribution < 1.29 is 4.79 Å². The van der Waals surface area contributed by atoms with E-state index in [1.54, 1.807) is 23.1 Å². The first-order valence-electron chi connectivity index (χ1n) is 6.12. The Morgan fingerprint density at radius 2 is 2.11 bits per heavy atom. The van der Waals surface area contributed by atoms with E-state index in [4.69, 9.17) is 0 Å². The standard InChI is InChI=1S/C14H14N2OS2/c1-9-5-3-7-12(15-9)16-13(17)10(2)19-14(16)11-6-4-8-18-11/h3-8,10,14H,1-2H3. The fourth-order valence-corrected chi connectivity index (χ4v) is 4.34. The maximum atomic E-state index is 12.4. The fraction of sp³-hybridized carbons (Fsp3) is 0.286. The van der Waals surface area contributed by atoms with Gasteiger partial charge in [0, 0.05) is 10.6 Å². The number of nitrogens with zero attached hydrogens (tertiary/aromatic N) is 2. The van der Waals surface area contributed by atoms with E-state index in [2.05, 4.69) is 11.1 Å². The van der Waals surface area contributed by atoms with Crippen LogP contribution >= 0.6 is 23.1 Å². The molecule has 0 aromatic carbocycles. The van der Waals surface area contributed by atoms with Gasteiger partial charge >= 0.3 is 0 Å². The number of amides is 1. The summed E-state index contributed by atoms with van der Waals surface area (Å²) in [4.78, 5) is 19.9. The molecule has 19 heavy (non-hydrogen) atoms. The Bertz CT molecular complexity index is 597. The molecule has 0 N–H and O–H groups in total. The lowest BCUT2D eigenvalue weighted by molar-refractivity contribution is -0.117. The van der Waals surface area contributed by atoms with E-state index < -0.39 is 0 Å². The first kappa shape index (κ1) is 12.7. The summed E-state index contributed by atoms with van der Waals surface area (Å²) in [6.07, 6.45) is 0. The second-order valence-electron chi connectivity index (χ2n) is 4.49. The summed E-state index contributed by atoms with van der Waals surface area (Å²) in [6, 6.07) is 9.90. The van der Waals surface area contributed by atoms with E-state index in [0.717, 1.165) is 11.5 Å². The summed E-state index contributed by atoms with van der Waals surface area (Å²) in [7, 11) is 0. The third-order valence-corrected chi connectivity index (χ3v) is 5.47. The van der Waals surface area contributed by atoms with Gasteiger partial charge in [0.15, 0.2) is 0 Å². The highest BCUT2D eigenvalue weighted by molar-refractivity contribution is 8.01. The highest BCUT2D eigenvalue weighted by atomic mass is 32.2. The Balaban J connectivity index is 2.03. The smallest absolute Gasteiger partial charge is 0.242 e. The van der Waals surface area contributed by atoms with Crippen molar-refractivity contribution in [1.29, 1.82) is 0 Å². The highest BCUT2D eigenvalue weighted by Crippen LogP contribution is 2.46. The van der Waals surface area contributed by atoms with Crippen molar-refractivity contribution >= 4 is 34.8 Å². The second kappa shape index (κ2) is 4.98. The van der Waals surface area contributed by atoms with Crippen molar-refractivity contribution in [1.82, 2.24) is 4.98 Å². The molecule has 3 rings (SSSR count). The average Bonchev–Trinajstić information content (AvgIpc) is 2.99. The number of hydrogen-bond acceptors (Lipinski definition) is 4. The summed E-state index contributed by atoms with van der Waals surface area (Å²) in [6.45, 7) is 3.91. The van der Waals surface area contributed by atoms with Gasteiger partial charge in [0.25, 0.3) is 0 Å². The van der Waals surface area contributed by atoms with E-state index in [1.807, 2.05) is 48.4 Å². The number of anilines is 1. The molecule has 3 heterocycles. The van der Waals surface area contributed by atoms with E-state index in [0.29, 0.717) is 0 Å². The van der Waals surface area contributed by atoms with Gasteiger partial charge in [-0.3, -0.25) is 9.69 Å². The van der Waals surface area contributed by atoms with Crippen LogP contribution in [0.25, 0.3) is 0 Å². The van der Waals surface area contributed by atoms with E-state index in [1.165, 1.54) is 4.88 Å². The number of hydrogen-bond donors (Lipinski definition) is 0. The monoisotopic (exact) mass is 290 g/mol. The fourth-order valence-electron chi connectivity index (χ4n) is 2.15. The number of carbonyl (C=O) groups excluding carboxylic acids is 1. The van der Waals surface area contributed by atoms with Crippen molar-refractivity contribution in [3.8, 4) is 0 Å². The lowest BCUT2D eigenvalue weighted by Gasteiger charge is -2.22. The van der Waals surface area contributed by atoms with E-state index >= 15 is 0 Å². The molecule has 0 aliphatic carbocycles. The lowest BCUT2D eigenvalue weighted by Crippen LogP contribution is -2.30. The Morgan fingerprint density at radius 1 is 1.26 bits per heavy atom. The zero-order valence-electron chi connectivity index (χ0n) is 10.7. The number of carbonyl (C=O) groups is 1.